The highest BCUT2D eigenvalue weighted by atomic mass is 35.5. The Hall–Kier alpha value is -1.25. The first kappa shape index (κ1) is 11.8. The van der Waals surface area contributed by atoms with Crippen molar-refractivity contribution in [3.8, 4) is 0 Å². The van der Waals surface area contributed by atoms with Gasteiger partial charge in [-0.25, -0.2) is 4.39 Å². The predicted molar refractivity (Wildman–Crippen MR) is 72.9 cm³/mol. The number of rotatable bonds is 1. The quantitative estimate of drug-likeness (QED) is 0.789. The van der Waals surface area contributed by atoms with E-state index in [0.717, 1.165) is 11.1 Å². The zero-order valence-electron chi connectivity index (χ0n) is 9.38. The molecule has 0 saturated carbocycles. The maximum atomic E-state index is 13.7. The lowest BCUT2D eigenvalue weighted by atomic mass is 10.0. The Morgan fingerprint density at radius 3 is 2.72 bits per heavy atom. The second-order valence-electron chi connectivity index (χ2n) is 4.38. The minimum Gasteiger partial charge on any atom is -0.375 e. The fourth-order valence-electron chi connectivity index (χ4n) is 2.32. The molecule has 92 valence electrons. The van der Waals surface area contributed by atoms with E-state index in [1.54, 1.807) is 6.07 Å². The second-order valence-corrected chi connectivity index (χ2v) is 5.25. The molecular formula is C14H10Cl2FN. The standard InChI is InChI=1S/C14H10Cl2FN/c15-10-3-1-2-8(4-10)13-6-9-5-11(16)7-12(17)14(9)18-13/h1-5,7,13,18H,6H2. The van der Waals surface area contributed by atoms with Crippen LogP contribution >= 0.6 is 23.2 Å². The molecule has 4 heteroatoms. The highest BCUT2D eigenvalue weighted by Crippen LogP contribution is 2.38. The van der Waals surface area contributed by atoms with Crippen LogP contribution in [0.1, 0.15) is 17.2 Å². The summed E-state index contributed by atoms with van der Waals surface area (Å²) in [5.74, 6) is -0.304. The van der Waals surface area contributed by atoms with E-state index in [4.69, 9.17) is 23.2 Å². The average Bonchev–Trinajstić information content (AvgIpc) is 2.73. The maximum absolute atomic E-state index is 13.7. The molecule has 3 rings (SSSR count). The van der Waals surface area contributed by atoms with Crippen LogP contribution in [0.5, 0.6) is 0 Å². The zero-order chi connectivity index (χ0) is 12.7. The third-order valence-electron chi connectivity index (χ3n) is 3.13. The summed E-state index contributed by atoms with van der Waals surface area (Å²) in [5.41, 5.74) is 2.50. The lowest BCUT2D eigenvalue weighted by molar-refractivity contribution is 0.631. The summed E-state index contributed by atoms with van der Waals surface area (Å²) in [5, 5.41) is 4.30. The van der Waals surface area contributed by atoms with Gasteiger partial charge in [0, 0.05) is 10.0 Å². The predicted octanol–water partition coefficient (Wildman–Crippen LogP) is 4.84. The van der Waals surface area contributed by atoms with Gasteiger partial charge in [-0.05, 0) is 41.8 Å². The van der Waals surface area contributed by atoms with Gasteiger partial charge in [0.25, 0.3) is 0 Å². The Morgan fingerprint density at radius 1 is 1.11 bits per heavy atom. The van der Waals surface area contributed by atoms with Crippen LogP contribution in [0.4, 0.5) is 10.1 Å². The van der Waals surface area contributed by atoms with Crippen molar-refractivity contribution in [2.24, 2.45) is 0 Å². The molecule has 1 aliphatic heterocycles. The molecule has 0 bridgehead atoms. The van der Waals surface area contributed by atoms with Crippen molar-refractivity contribution in [3.05, 3.63) is 63.4 Å². The van der Waals surface area contributed by atoms with Crippen LogP contribution in [0.25, 0.3) is 0 Å². The first-order valence-corrected chi connectivity index (χ1v) is 6.39. The Labute approximate surface area is 115 Å². The van der Waals surface area contributed by atoms with E-state index in [0.29, 0.717) is 22.2 Å². The van der Waals surface area contributed by atoms with Gasteiger partial charge in [-0.3, -0.25) is 0 Å². The molecule has 1 atom stereocenters. The van der Waals surface area contributed by atoms with E-state index in [1.807, 2.05) is 24.3 Å². The third-order valence-corrected chi connectivity index (χ3v) is 3.58. The van der Waals surface area contributed by atoms with Gasteiger partial charge in [0.05, 0.1) is 11.7 Å². The SMILES string of the molecule is Fc1cc(Cl)cc2c1NC(c1cccc(Cl)c1)C2. The summed E-state index contributed by atoms with van der Waals surface area (Å²) < 4.78 is 13.7. The van der Waals surface area contributed by atoms with Crippen molar-refractivity contribution in [1.29, 1.82) is 0 Å². The molecule has 1 unspecified atom stereocenters. The normalized spacial score (nSPS) is 17.4. The van der Waals surface area contributed by atoms with Crippen LogP contribution in [-0.2, 0) is 6.42 Å². The molecule has 1 N–H and O–H groups in total. The largest absolute Gasteiger partial charge is 0.375 e. The van der Waals surface area contributed by atoms with E-state index in [9.17, 15) is 4.39 Å². The van der Waals surface area contributed by atoms with Crippen molar-refractivity contribution in [2.75, 3.05) is 5.32 Å². The van der Waals surface area contributed by atoms with Crippen molar-refractivity contribution in [2.45, 2.75) is 12.5 Å². The molecular weight excluding hydrogens is 272 g/mol. The first-order valence-electron chi connectivity index (χ1n) is 5.63. The highest BCUT2D eigenvalue weighted by Gasteiger charge is 2.25. The lowest BCUT2D eigenvalue weighted by Gasteiger charge is -2.11. The van der Waals surface area contributed by atoms with Crippen molar-refractivity contribution in [3.63, 3.8) is 0 Å². The Balaban J connectivity index is 1.96. The van der Waals surface area contributed by atoms with Crippen LogP contribution in [0.2, 0.25) is 10.0 Å². The van der Waals surface area contributed by atoms with Crippen molar-refractivity contribution < 1.29 is 4.39 Å². The Bertz CT molecular complexity index is 613. The number of fused-ring (bicyclic) bond motifs is 1. The number of halogens is 3. The van der Waals surface area contributed by atoms with E-state index >= 15 is 0 Å². The number of nitrogens with one attached hydrogen (secondary N) is 1. The molecule has 1 aliphatic rings. The van der Waals surface area contributed by atoms with Gasteiger partial charge in [-0.1, -0.05) is 35.3 Å². The number of hydrogen-bond acceptors (Lipinski definition) is 1. The van der Waals surface area contributed by atoms with Gasteiger partial charge in [-0.15, -0.1) is 0 Å². The van der Waals surface area contributed by atoms with E-state index in [-0.39, 0.29) is 11.9 Å². The van der Waals surface area contributed by atoms with E-state index in [2.05, 4.69) is 5.32 Å². The summed E-state index contributed by atoms with van der Waals surface area (Å²) >= 11 is 11.8. The molecule has 0 radical (unpaired) electrons. The Kier molecular flexibility index (Phi) is 2.92. The van der Waals surface area contributed by atoms with Gasteiger partial charge in [-0.2, -0.15) is 0 Å². The molecule has 0 saturated heterocycles. The number of anilines is 1. The number of benzene rings is 2. The summed E-state index contributed by atoms with van der Waals surface area (Å²) in [6, 6.07) is 10.8. The van der Waals surface area contributed by atoms with Crippen LogP contribution in [0.15, 0.2) is 36.4 Å². The van der Waals surface area contributed by atoms with Crippen LogP contribution in [-0.4, -0.2) is 0 Å². The number of hydrogen-bond donors (Lipinski definition) is 1. The molecule has 0 amide bonds. The van der Waals surface area contributed by atoms with Gasteiger partial charge >= 0.3 is 0 Å². The van der Waals surface area contributed by atoms with Gasteiger partial charge in [0.15, 0.2) is 0 Å². The van der Waals surface area contributed by atoms with Crippen molar-refractivity contribution in [1.82, 2.24) is 0 Å². The summed E-state index contributed by atoms with van der Waals surface area (Å²) in [4.78, 5) is 0. The smallest absolute Gasteiger partial charge is 0.148 e. The molecule has 18 heavy (non-hydrogen) atoms. The molecule has 0 aromatic heterocycles. The molecule has 0 spiro atoms. The maximum Gasteiger partial charge on any atom is 0.148 e. The van der Waals surface area contributed by atoms with E-state index in [1.165, 1.54) is 6.07 Å². The van der Waals surface area contributed by atoms with Crippen LogP contribution in [0.3, 0.4) is 0 Å². The monoisotopic (exact) mass is 281 g/mol. The Morgan fingerprint density at radius 2 is 1.94 bits per heavy atom. The van der Waals surface area contributed by atoms with Crippen molar-refractivity contribution >= 4 is 28.9 Å². The zero-order valence-corrected chi connectivity index (χ0v) is 10.9. The molecule has 1 nitrogen and oxygen atoms in total. The molecule has 0 aliphatic carbocycles. The average molecular weight is 282 g/mol. The minimum absolute atomic E-state index is 0.0478. The minimum atomic E-state index is -0.304. The van der Waals surface area contributed by atoms with Gasteiger partial charge < -0.3 is 5.32 Å². The molecule has 2 aromatic rings. The van der Waals surface area contributed by atoms with Gasteiger partial charge in [0.2, 0.25) is 0 Å². The fraction of sp³-hybridized carbons (Fsp3) is 0.143. The summed E-state index contributed by atoms with van der Waals surface area (Å²) in [7, 11) is 0. The van der Waals surface area contributed by atoms with Crippen LogP contribution < -0.4 is 5.32 Å². The van der Waals surface area contributed by atoms with Gasteiger partial charge in [0.1, 0.15) is 5.82 Å². The summed E-state index contributed by atoms with van der Waals surface area (Å²) in [6.07, 6.45) is 0.715. The van der Waals surface area contributed by atoms with E-state index < -0.39 is 0 Å². The second kappa shape index (κ2) is 4.45. The lowest BCUT2D eigenvalue weighted by Crippen LogP contribution is -2.05. The first-order chi connectivity index (χ1) is 8.63. The molecule has 2 aromatic carbocycles. The molecule has 0 fully saturated rings. The summed E-state index contributed by atoms with van der Waals surface area (Å²) in [6.45, 7) is 0. The van der Waals surface area contributed by atoms with Crippen LogP contribution in [0, 0.1) is 5.82 Å². The third kappa shape index (κ3) is 2.06. The highest BCUT2D eigenvalue weighted by molar-refractivity contribution is 6.31. The fourth-order valence-corrected chi connectivity index (χ4v) is 2.75. The molecule has 1 heterocycles. The topological polar surface area (TPSA) is 12.0 Å².